The van der Waals surface area contributed by atoms with Gasteiger partial charge in [0.25, 0.3) is 0 Å². The number of nitrogens with zero attached hydrogens (tertiary/aromatic N) is 1. The van der Waals surface area contributed by atoms with Crippen LogP contribution in [-0.4, -0.2) is 47.3 Å². The maximum absolute atomic E-state index is 9.86. The Labute approximate surface area is 78.3 Å². The highest BCUT2D eigenvalue weighted by atomic mass is 32.2. The smallest absolute Gasteiger partial charge is 0.0636 e. The summed E-state index contributed by atoms with van der Waals surface area (Å²) in [5.74, 6) is 3.41. The molecule has 2 saturated heterocycles. The summed E-state index contributed by atoms with van der Waals surface area (Å²) in [7, 11) is 0. The first-order valence-electron chi connectivity index (χ1n) is 4.79. The van der Waals surface area contributed by atoms with Crippen LogP contribution in [0.4, 0.5) is 0 Å². The van der Waals surface area contributed by atoms with Crippen molar-refractivity contribution in [2.24, 2.45) is 11.8 Å². The second-order valence-corrected chi connectivity index (χ2v) is 4.98. The third-order valence-electron chi connectivity index (χ3n) is 3.06. The number of fused-ring (bicyclic) bond motifs is 2. The van der Waals surface area contributed by atoms with E-state index in [1.807, 2.05) is 11.8 Å². The molecule has 2 rings (SSSR count). The molecule has 0 aromatic carbocycles. The van der Waals surface area contributed by atoms with E-state index in [2.05, 4.69) is 11.8 Å². The van der Waals surface area contributed by atoms with E-state index in [4.69, 9.17) is 0 Å². The SMILES string of the molecule is CCN1CC2CSCC(C1)C2O. The van der Waals surface area contributed by atoms with Gasteiger partial charge in [-0.15, -0.1) is 0 Å². The molecular formula is C9H17NOS. The fourth-order valence-corrected chi connectivity index (χ4v) is 3.62. The predicted molar refractivity (Wildman–Crippen MR) is 52.4 cm³/mol. The van der Waals surface area contributed by atoms with Gasteiger partial charge in [-0.05, 0) is 18.1 Å². The zero-order valence-corrected chi connectivity index (χ0v) is 8.39. The van der Waals surface area contributed by atoms with Gasteiger partial charge >= 0.3 is 0 Å². The van der Waals surface area contributed by atoms with Crippen molar-refractivity contribution in [1.29, 1.82) is 0 Å². The minimum atomic E-state index is -0.00551. The van der Waals surface area contributed by atoms with Crippen molar-refractivity contribution in [2.45, 2.75) is 13.0 Å². The van der Waals surface area contributed by atoms with Crippen molar-refractivity contribution in [3.8, 4) is 0 Å². The number of hydrogen-bond acceptors (Lipinski definition) is 3. The van der Waals surface area contributed by atoms with E-state index in [9.17, 15) is 5.11 Å². The molecule has 2 atom stereocenters. The summed E-state index contributed by atoms with van der Waals surface area (Å²) in [6, 6.07) is 0. The molecule has 2 heterocycles. The van der Waals surface area contributed by atoms with Gasteiger partial charge < -0.3 is 10.0 Å². The van der Waals surface area contributed by atoms with E-state index in [1.165, 1.54) is 0 Å². The number of rotatable bonds is 1. The Balaban J connectivity index is 2.02. The van der Waals surface area contributed by atoms with E-state index in [0.717, 1.165) is 31.1 Å². The molecule has 0 aliphatic carbocycles. The molecule has 2 unspecified atom stereocenters. The first kappa shape index (κ1) is 8.85. The molecule has 0 spiro atoms. The van der Waals surface area contributed by atoms with Crippen molar-refractivity contribution >= 4 is 11.8 Å². The lowest BCUT2D eigenvalue weighted by Gasteiger charge is -2.44. The largest absolute Gasteiger partial charge is 0.392 e. The van der Waals surface area contributed by atoms with Gasteiger partial charge in [0.15, 0.2) is 0 Å². The van der Waals surface area contributed by atoms with Gasteiger partial charge in [-0.2, -0.15) is 11.8 Å². The molecule has 12 heavy (non-hydrogen) atoms. The number of piperidine rings is 1. The Morgan fingerprint density at radius 3 is 2.42 bits per heavy atom. The van der Waals surface area contributed by atoms with E-state index >= 15 is 0 Å². The number of hydrogen-bond donors (Lipinski definition) is 1. The Bertz CT molecular complexity index is 151. The third kappa shape index (κ3) is 1.50. The average Bonchev–Trinajstić information content (AvgIpc) is 2.04. The maximum atomic E-state index is 9.86. The second-order valence-electron chi connectivity index (χ2n) is 3.90. The molecule has 0 amide bonds. The summed E-state index contributed by atoms with van der Waals surface area (Å²) >= 11 is 2.02. The fraction of sp³-hybridized carbons (Fsp3) is 1.00. The molecule has 0 aromatic heterocycles. The number of aliphatic hydroxyl groups excluding tert-OH is 1. The van der Waals surface area contributed by atoms with Gasteiger partial charge in [0.2, 0.25) is 0 Å². The highest BCUT2D eigenvalue weighted by Crippen LogP contribution is 2.33. The van der Waals surface area contributed by atoms with Crippen LogP contribution in [0.25, 0.3) is 0 Å². The number of aliphatic hydroxyl groups is 1. The molecule has 70 valence electrons. The van der Waals surface area contributed by atoms with Gasteiger partial charge in [-0.25, -0.2) is 0 Å². The molecule has 2 fully saturated rings. The monoisotopic (exact) mass is 187 g/mol. The fourth-order valence-electron chi connectivity index (χ4n) is 2.27. The van der Waals surface area contributed by atoms with E-state index < -0.39 is 0 Å². The minimum Gasteiger partial charge on any atom is -0.392 e. The van der Waals surface area contributed by atoms with Crippen molar-refractivity contribution in [2.75, 3.05) is 31.1 Å². The minimum absolute atomic E-state index is 0.00551. The Kier molecular flexibility index (Phi) is 2.63. The second kappa shape index (κ2) is 3.56. The van der Waals surface area contributed by atoms with Crippen LogP contribution in [0.1, 0.15) is 6.92 Å². The van der Waals surface area contributed by atoms with Crippen LogP contribution in [0.2, 0.25) is 0 Å². The van der Waals surface area contributed by atoms with Gasteiger partial charge in [0.05, 0.1) is 6.10 Å². The van der Waals surface area contributed by atoms with Crippen LogP contribution in [0.5, 0.6) is 0 Å². The first-order valence-corrected chi connectivity index (χ1v) is 5.95. The zero-order valence-electron chi connectivity index (χ0n) is 7.57. The highest BCUT2D eigenvalue weighted by molar-refractivity contribution is 7.99. The van der Waals surface area contributed by atoms with Gasteiger partial charge in [0, 0.05) is 24.9 Å². The highest BCUT2D eigenvalue weighted by Gasteiger charge is 2.37. The lowest BCUT2D eigenvalue weighted by molar-refractivity contribution is -0.00644. The molecule has 2 aliphatic rings. The van der Waals surface area contributed by atoms with Crippen LogP contribution in [0.15, 0.2) is 0 Å². The summed E-state index contributed by atoms with van der Waals surface area (Å²) in [6.07, 6.45) is -0.00551. The average molecular weight is 187 g/mol. The van der Waals surface area contributed by atoms with Crippen LogP contribution in [0, 0.1) is 11.8 Å². The topological polar surface area (TPSA) is 23.5 Å². The predicted octanol–water partition coefficient (Wildman–Crippen LogP) is 0.662. The molecule has 2 bridgehead atoms. The molecule has 3 heteroatoms. The summed E-state index contributed by atoms with van der Waals surface area (Å²) in [5.41, 5.74) is 0. The Morgan fingerprint density at radius 1 is 1.33 bits per heavy atom. The van der Waals surface area contributed by atoms with Crippen molar-refractivity contribution in [3.05, 3.63) is 0 Å². The third-order valence-corrected chi connectivity index (χ3v) is 4.39. The number of likely N-dealkylation sites (tertiary alicyclic amines) is 1. The Hall–Kier alpha value is 0.270. The quantitative estimate of drug-likeness (QED) is 0.652. The van der Waals surface area contributed by atoms with E-state index in [-0.39, 0.29) is 6.10 Å². The molecule has 0 aromatic rings. The standard InChI is InChI=1S/C9H17NOS/c1-2-10-3-7-5-12-6-8(4-10)9(7)11/h7-9,11H,2-6H2,1H3. The maximum Gasteiger partial charge on any atom is 0.0636 e. The lowest BCUT2D eigenvalue weighted by atomic mass is 9.87. The summed E-state index contributed by atoms with van der Waals surface area (Å²) in [4.78, 5) is 2.47. The van der Waals surface area contributed by atoms with Gasteiger partial charge in [-0.1, -0.05) is 6.92 Å². The normalized spacial score (nSPS) is 43.0. The Morgan fingerprint density at radius 2 is 1.92 bits per heavy atom. The molecule has 2 nitrogen and oxygen atoms in total. The van der Waals surface area contributed by atoms with E-state index in [0.29, 0.717) is 11.8 Å². The zero-order chi connectivity index (χ0) is 8.55. The van der Waals surface area contributed by atoms with Crippen molar-refractivity contribution in [3.63, 3.8) is 0 Å². The summed E-state index contributed by atoms with van der Waals surface area (Å²) in [6.45, 7) is 5.58. The van der Waals surface area contributed by atoms with Crippen LogP contribution >= 0.6 is 11.8 Å². The van der Waals surface area contributed by atoms with Crippen LogP contribution < -0.4 is 0 Å². The van der Waals surface area contributed by atoms with Crippen molar-refractivity contribution in [1.82, 2.24) is 4.90 Å². The van der Waals surface area contributed by atoms with Gasteiger partial charge in [-0.3, -0.25) is 0 Å². The molecular weight excluding hydrogens is 170 g/mol. The van der Waals surface area contributed by atoms with E-state index in [1.54, 1.807) is 0 Å². The summed E-state index contributed by atoms with van der Waals surface area (Å²) < 4.78 is 0. The molecule has 2 aliphatic heterocycles. The van der Waals surface area contributed by atoms with Crippen LogP contribution in [-0.2, 0) is 0 Å². The van der Waals surface area contributed by atoms with Crippen LogP contribution in [0.3, 0.4) is 0 Å². The van der Waals surface area contributed by atoms with Crippen molar-refractivity contribution < 1.29 is 5.11 Å². The molecule has 0 radical (unpaired) electrons. The first-order chi connectivity index (χ1) is 5.81. The number of thioether (sulfide) groups is 1. The summed E-state index contributed by atoms with van der Waals surface area (Å²) in [5, 5.41) is 9.86. The lowest BCUT2D eigenvalue weighted by Crippen LogP contribution is -2.53. The van der Waals surface area contributed by atoms with Gasteiger partial charge in [0.1, 0.15) is 0 Å². The molecule has 0 saturated carbocycles. The molecule has 1 N–H and O–H groups in total.